The van der Waals surface area contributed by atoms with Crippen LogP contribution in [0.4, 0.5) is 0 Å². The van der Waals surface area contributed by atoms with Gasteiger partial charge in [0.25, 0.3) is 0 Å². The number of nitrogens with zero attached hydrogens (tertiary/aromatic N) is 1. The first-order chi connectivity index (χ1) is 10.1. The Morgan fingerprint density at radius 2 is 1.86 bits per heavy atom. The lowest BCUT2D eigenvalue weighted by atomic mass is 9.98. The van der Waals surface area contributed by atoms with Gasteiger partial charge in [0.15, 0.2) is 0 Å². The smallest absolute Gasteiger partial charge is 0.0943 e. The summed E-state index contributed by atoms with van der Waals surface area (Å²) in [5, 5.41) is 6.96. The summed E-state index contributed by atoms with van der Waals surface area (Å²) in [7, 11) is 0. The Morgan fingerprint density at radius 3 is 2.38 bits per heavy atom. The van der Waals surface area contributed by atoms with E-state index in [2.05, 4.69) is 67.6 Å². The second kappa shape index (κ2) is 7.71. The molecule has 0 aliphatic heterocycles. The topological polar surface area (TPSA) is 24.9 Å². The standard InChI is InChI=1S/C18H26N2S/c1-5-19-17(11-18-20-14(4)12-21-18)10-15-6-8-16(9-7-15)13(2)3/h6-9,12-13,17,19H,5,10-11H2,1-4H3. The van der Waals surface area contributed by atoms with Crippen molar-refractivity contribution in [2.75, 3.05) is 6.54 Å². The van der Waals surface area contributed by atoms with Crippen LogP contribution in [0.5, 0.6) is 0 Å². The largest absolute Gasteiger partial charge is 0.314 e. The first-order valence-electron chi connectivity index (χ1n) is 7.81. The Kier molecular flexibility index (Phi) is 5.95. The van der Waals surface area contributed by atoms with E-state index in [0.29, 0.717) is 12.0 Å². The molecule has 0 saturated heterocycles. The molecule has 0 saturated carbocycles. The van der Waals surface area contributed by atoms with Gasteiger partial charge in [0, 0.05) is 23.5 Å². The second-order valence-corrected chi connectivity index (χ2v) is 6.88. The third kappa shape index (κ3) is 4.94. The van der Waals surface area contributed by atoms with Gasteiger partial charge in [-0.2, -0.15) is 0 Å². The lowest BCUT2D eigenvalue weighted by molar-refractivity contribution is 0.520. The van der Waals surface area contributed by atoms with Gasteiger partial charge in [0.1, 0.15) is 0 Å². The Labute approximate surface area is 132 Å². The fourth-order valence-corrected chi connectivity index (χ4v) is 3.39. The van der Waals surface area contributed by atoms with Crippen molar-refractivity contribution < 1.29 is 0 Å². The van der Waals surface area contributed by atoms with Crippen LogP contribution < -0.4 is 5.32 Å². The maximum Gasteiger partial charge on any atom is 0.0943 e. The molecule has 21 heavy (non-hydrogen) atoms. The van der Waals surface area contributed by atoms with Crippen molar-refractivity contribution in [2.24, 2.45) is 0 Å². The number of nitrogens with one attached hydrogen (secondary N) is 1. The lowest BCUT2D eigenvalue weighted by Crippen LogP contribution is -2.33. The molecule has 3 heteroatoms. The van der Waals surface area contributed by atoms with Crippen molar-refractivity contribution in [2.45, 2.75) is 52.5 Å². The number of hydrogen-bond acceptors (Lipinski definition) is 3. The number of aryl methyl sites for hydroxylation is 1. The zero-order chi connectivity index (χ0) is 15.2. The highest BCUT2D eigenvalue weighted by atomic mass is 32.1. The highest BCUT2D eigenvalue weighted by Gasteiger charge is 2.12. The van der Waals surface area contributed by atoms with Gasteiger partial charge in [-0.3, -0.25) is 0 Å². The summed E-state index contributed by atoms with van der Waals surface area (Å²) < 4.78 is 0. The molecular formula is C18H26N2S. The third-order valence-corrected chi connectivity index (χ3v) is 4.70. The number of thiazole rings is 1. The second-order valence-electron chi connectivity index (χ2n) is 5.94. The molecular weight excluding hydrogens is 276 g/mol. The van der Waals surface area contributed by atoms with Gasteiger partial charge in [-0.25, -0.2) is 4.98 Å². The van der Waals surface area contributed by atoms with Crippen molar-refractivity contribution in [3.63, 3.8) is 0 Å². The molecule has 1 N–H and O–H groups in total. The summed E-state index contributed by atoms with van der Waals surface area (Å²) in [5.41, 5.74) is 3.94. The van der Waals surface area contributed by atoms with Gasteiger partial charge in [-0.05, 0) is 36.9 Å². The van der Waals surface area contributed by atoms with Crippen LogP contribution in [0.3, 0.4) is 0 Å². The summed E-state index contributed by atoms with van der Waals surface area (Å²) in [6.07, 6.45) is 2.07. The first-order valence-corrected chi connectivity index (χ1v) is 8.69. The van der Waals surface area contributed by atoms with Crippen molar-refractivity contribution in [3.8, 4) is 0 Å². The van der Waals surface area contributed by atoms with E-state index in [4.69, 9.17) is 0 Å². The molecule has 1 unspecified atom stereocenters. The van der Waals surface area contributed by atoms with E-state index < -0.39 is 0 Å². The van der Waals surface area contributed by atoms with E-state index in [9.17, 15) is 0 Å². The monoisotopic (exact) mass is 302 g/mol. The first kappa shape index (κ1) is 16.2. The zero-order valence-electron chi connectivity index (χ0n) is 13.5. The van der Waals surface area contributed by atoms with Gasteiger partial charge in [0.05, 0.1) is 5.01 Å². The minimum Gasteiger partial charge on any atom is -0.314 e. The average Bonchev–Trinajstić information content (AvgIpc) is 2.85. The molecule has 2 rings (SSSR count). The van der Waals surface area contributed by atoms with Crippen LogP contribution in [0.2, 0.25) is 0 Å². The van der Waals surface area contributed by atoms with Crippen molar-refractivity contribution >= 4 is 11.3 Å². The molecule has 1 atom stereocenters. The fraction of sp³-hybridized carbons (Fsp3) is 0.500. The number of hydrogen-bond donors (Lipinski definition) is 1. The SMILES string of the molecule is CCNC(Cc1ccc(C(C)C)cc1)Cc1nc(C)cs1. The molecule has 1 aromatic carbocycles. The highest BCUT2D eigenvalue weighted by molar-refractivity contribution is 7.09. The van der Waals surface area contributed by atoms with Gasteiger partial charge >= 0.3 is 0 Å². The van der Waals surface area contributed by atoms with E-state index in [1.165, 1.54) is 16.1 Å². The molecule has 0 radical (unpaired) electrons. The summed E-state index contributed by atoms with van der Waals surface area (Å²) >= 11 is 1.77. The molecule has 114 valence electrons. The van der Waals surface area contributed by atoms with E-state index in [0.717, 1.165) is 25.1 Å². The molecule has 1 heterocycles. The summed E-state index contributed by atoms with van der Waals surface area (Å²) in [5.74, 6) is 0.599. The van der Waals surface area contributed by atoms with Gasteiger partial charge in [0.2, 0.25) is 0 Å². The van der Waals surface area contributed by atoms with E-state index in [1.807, 2.05) is 0 Å². The third-order valence-electron chi connectivity index (χ3n) is 3.71. The quantitative estimate of drug-likeness (QED) is 0.823. The number of aromatic nitrogens is 1. The maximum absolute atomic E-state index is 4.59. The molecule has 0 aliphatic carbocycles. The lowest BCUT2D eigenvalue weighted by Gasteiger charge is -2.17. The summed E-state index contributed by atoms with van der Waals surface area (Å²) in [6, 6.07) is 9.53. The molecule has 2 aromatic rings. The zero-order valence-corrected chi connectivity index (χ0v) is 14.3. The van der Waals surface area contributed by atoms with Crippen molar-refractivity contribution in [3.05, 3.63) is 51.5 Å². The van der Waals surface area contributed by atoms with Gasteiger partial charge in [-0.1, -0.05) is 45.0 Å². The Hall–Kier alpha value is -1.19. The Bertz CT molecular complexity index is 543. The van der Waals surface area contributed by atoms with Gasteiger partial charge in [-0.15, -0.1) is 11.3 Å². The molecule has 1 aromatic heterocycles. The van der Waals surface area contributed by atoms with Crippen LogP contribution in [0.25, 0.3) is 0 Å². The predicted molar refractivity (Wildman–Crippen MR) is 92.3 cm³/mol. The van der Waals surface area contributed by atoms with Crippen LogP contribution >= 0.6 is 11.3 Å². The van der Waals surface area contributed by atoms with E-state index >= 15 is 0 Å². The molecule has 0 aliphatic rings. The number of rotatable bonds is 7. The van der Waals surface area contributed by atoms with Crippen LogP contribution in [-0.2, 0) is 12.8 Å². The molecule has 0 spiro atoms. The Morgan fingerprint density at radius 1 is 1.14 bits per heavy atom. The van der Waals surface area contributed by atoms with Crippen molar-refractivity contribution in [1.82, 2.24) is 10.3 Å². The molecule has 0 fully saturated rings. The van der Waals surface area contributed by atoms with Crippen LogP contribution in [0.15, 0.2) is 29.6 Å². The number of benzene rings is 1. The van der Waals surface area contributed by atoms with Crippen LogP contribution in [-0.4, -0.2) is 17.6 Å². The molecule has 0 amide bonds. The van der Waals surface area contributed by atoms with Crippen LogP contribution in [0, 0.1) is 6.92 Å². The van der Waals surface area contributed by atoms with Gasteiger partial charge < -0.3 is 5.32 Å². The molecule has 0 bridgehead atoms. The number of likely N-dealkylation sites (N-methyl/N-ethyl adjacent to an activating group) is 1. The van der Waals surface area contributed by atoms with E-state index in [1.54, 1.807) is 11.3 Å². The Balaban J connectivity index is 2.01. The summed E-state index contributed by atoms with van der Waals surface area (Å²) in [4.78, 5) is 4.59. The fourth-order valence-electron chi connectivity index (χ4n) is 2.54. The van der Waals surface area contributed by atoms with Crippen molar-refractivity contribution in [1.29, 1.82) is 0 Å². The van der Waals surface area contributed by atoms with Crippen LogP contribution in [0.1, 0.15) is 48.5 Å². The predicted octanol–water partition coefficient (Wildman–Crippen LogP) is 4.34. The minimum atomic E-state index is 0.463. The normalized spacial score (nSPS) is 12.8. The summed E-state index contributed by atoms with van der Waals surface area (Å²) in [6.45, 7) is 9.70. The average molecular weight is 302 g/mol. The highest BCUT2D eigenvalue weighted by Crippen LogP contribution is 2.17. The minimum absolute atomic E-state index is 0.463. The maximum atomic E-state index is 4.59. The molecule has 2 nitrogen and oxygen atoms in total. The van der Waals surface area contributed by atoms with E-state index in [-0.39, 0.29) is 0 Å².